The minimum Gasteiger partial charge on any atom is -0.506 e. The third-order valence-corrected chi connectivity index (χ3v) is 9.78. The van der Waals surface area contributed by atoms with Crippen LogP contribution < -0.4 is 5.73 Å². The SMILES string of the molecule is Cc1cc(N=Nc2c(S(=O)(=O)O)cc3c(S(=O)(=O)O)c(N)ccc3c2O)c(O)cc1N=Nc1nc2ccc(S(=O)(=O)O)cc2s1. The average molecular weight is 695 g/mol. The van der Waals surface area contributed by atoms with Crippen molar-refractivity contribution >= 4 is 90.6 Å². The maximum absolute atomic E-state index is 12.2. The van der Waals surface area contributed by atoms with Crippen molar-refractivity contribution < 1.29 is 49.1 Å². The molecular weight excluding hydrogens is 677 g/mol. The van der Waals surface area contributed by atoms with Gasteiger partial charge in [-0.05, 0) is 55.0 Å². The molecular formula is C24H18N6O11S4. The Kier molecular flexibility index (Phi) is 7.81. The Morgan fingerprint density at radius 1 is 0.756 bits per heavy atom. The average Bonchev–Trinajstić information content (AvgIpc) is 3.33. The molecule has 21 heteroatoms. The second-order valence-corrected chi connectivity index (χ2v) is 14.4. The predicted molar refractivity (Wildman–Crippen MR) is 160 cm³/mol. The normalized spacial score (nSPS) is 13.1. The van der Waals surface area contributed by atoms with Gasteiger partial charge in [0.1, 0.15) is 26.9 Å². The lowest BCUT2D eigenvalue weighted by molar-refractivity contribution is 0.470. The highest BCUT2D eigenvalue weighted by atomic mass is 32.2. The number of nitrogens with zero attached hydrogens (tertiary/aromatic N) is 5. The summed E-state index contributed by atoms with van der Waals surface area (Å²) in [7, 11) is -14.6. The summed E-state index contributed by atoms with van der Waals surface area (Å²) in [5.74, 6) is -1.45. The van der Waals surface area contributed by atoms with Gasteiger partial charge < -0.3 is 15.9 Å². The van der Waals surface area contributed by atoms with E-state index in [0.717, 1.165) is 29.5 Å². The minimum atomic E-state index is -5.17. The van der Waals surface area contributed by atoms with Gasteiger partial charge in [-0.2, -0.15) is 25.3 Å². The van der Waals surface area contributed by atoms with Crippen LogP contribution in [0.5, 0.6) is 11.5 Å². The molecule has 0 unspecified atom stereocenters. The highest BCUT2D eigenvalue weighted by Crippen LogP contribution is 2.45. The molecule has 0 atom stereocenters. The highest BCUT2D eigenvalue weighted by molar-refractivity contribution is 7.86. The summed E-state index contributed by atoms with van der Waals surface area (Å²) in [6.45, 7) is 1.56. The zero-order chi connectivity index (χ0) is 33.1. The Bertz CT molecular complexity index is 2460. The van der Waals surface area contributed by atoms with E-state index >= 15 is 0 Å². The number of benzene rings is 4. The molecule has 1 aromatic heterocycles. The molecule has 7 N–H and O–H groups in total. The molecule has 0 aliphatic heterocycles. The minimum absolute atomic E-state index is 0.128. The Morgan fingerprint density at radius 3 is 2.09 bits per heavy atom. The van der Waals surface area contributed by atoms with Crippen molar-refractivity contribution in [3.05, 3.63) is 54.1 Å². The summed E-state index contributed by atoms with van der Waals surface area (Å²) in [4.78, 5) is 1.90. The van der Waals surface area contributed by atoms with E-state index in [2.05, 4.69) is 25.4 Å². The molecule has 1 heterocycles. The molecule has 0 aliphatic carbocycles. The molecule has 0 aliphatic rings. The zero-order valence-corrected chi connectivity index (χ0v) is 25.5. The van der Waals surface area contributed by atoms with E-state index in [-0.39, 0.29) is 26.8 Å². The van der Waals surface area contributed by atoms with Crippen LogP contribution >= 0.6 is 11.3 Å². The van der Waals surface area contributed by atoms with Gasteiger partial charge in [0.15, 0.2) is 5.75 Å². The van der Waals surface area contributed by atoms with Gasteiger partial charge in [0.25, 0.3) is 30.4 Å². The zero-order valence-electron chi connectivity index (χ0n) is 22.3. The summed E-state index contributed by atoms with van der Waals surface area (Å²) in [5, 5.41) is 36.2. The van der Waals surface area contributed by atoms with Crippen molar-refractivity contribution in [3.8, 4) is 11.5 Å². The first kappa shape index (κ1) is 31.8. The molecule has 0 amide bonds. The van der Waals surface area contributed by atoms with E-state index in [9.17, 15) is 49.1 Å². The summed E-state index contributed by atoms with van der Waals surface area (Å²) in [6, 6.07) is 9.01. The van der Waals surface area contributed by atoms with Crippen molar-refractivity contribution in [2.24, 2.45) is 20.5 Å². The summed E-state index contributed by atoms with van der Waals surface area (Å²) >= 11 is 0.983. The molecule has 4 aromatic carbocycles. The van der Waals surface area contributed by atoms with E-state index in [1.165, 1.54) is 24.3 Å². The number of nitrogen functional groups attached to an aromatic ring is 1. The number of anilines is 1. The molecule has 234 valence electrons. The van der Waals surface area contributed by atoms with Crippen LogP contribution in [0.25, 0.3) is 21.0 Å². The van der Waals surface area contributed by atoms with Crippen molar-refractivity contribution in [1.82, 2.24) is 4.98 Å². The first-order chi connectivity index (χ1) is 20.8. The third-order valence-electron chi connectivity index (χ3n) is 6.19. The molecule has 17 nitrogen and oxygen atoms in total. The Labute approximate surface area is 257 Å². The number of phenols is 2. The molecule has 0 spiro atoms. The molecule has 0 saturated heterocycles. The molecule has 5 aromatic rings. The van der Waals surface area contributed by atoms with Crippen LogP contribution in [0.1, 0.15) is 5.56 Å². The largest absolute Gasteiger partial charge is 0.506 e. The maximum atomic E-state index is 12.2. The van der Waals surface area contributed by atoms with Crippen LogP contribution in [0.4, 0.5) is 27.9 Å². The van der Waals surface area contributed by atoms with Gasteiger partial charge in [-0.15, -0.1) is 20.5 Å². The predicted octanol–water partition coefficient (Wildman–Crippen LogP) is 5.32. The summed E-state index contributed by atoms with van der Waals surface area (Å²) in [6.07, 6.45) is 0. The van der Waals surface area contributed by atoms with E-state index in [1.54, 1.807) is 6.92 Å². The third kappa shape index (κ3) is 6.30. The van der Waals surface area contributed by atoms with E-state index in [1.807, 2.05) is 0 Å². The van der Waals surface area contributed by atoms with Crippen molar-refractivity contribution in [3.63, 3.8) is 0 Å². The monoisotopic (exact) mass is 694 g/mol. The van der Waals surface area contributed by atoms with Gasteiger partial charge in [0, 0.05) is 16.8 Å². The second kappa shape index (κ2) is 11.1. The topological polar surface area (TPSA) is 292 Å². The number of azo groups is 2. The fraction of sp³-hybridized carbons (Fsp3) is 0.0417. The number of aryl methyl sites for hydroxylation is 1. The first-order valence-electron chi connectivity index (χ1n) is 11.9. The van der Waals surface area contributed by atoms with Crippen LogP contribution in [0.2, 0.25) is 0 Å². The maximum Gasteiger partial charge on any atom is 0.297 e. The van der Waals surface area contributed by atoms with Gasteiger partial charge in [0.2, 0.25) is 5.13 Å². The molecule has 0 fully saturated rings. The van der Waals surface area contributed by atoms with Gasteiger partial charge >= 0.3 is 0 Å². The van der Waals surface area contributed by atoms with Crippen molar-refractivity contribution in [1.29, 1.82) is 0 Å². The Balaban J connectivity index is 1.53. The number of hydrogen-bond donors (Lipinski definition) is 6. The molecule has 0 saturated carbocycles. The Morgan fingerprint density at radius 2 is 1.44 bits per heavy atom. The lowest BCUT2D eigenvalue weighted by Crippen LogP contribution is -2.06. The number of rotatable bonds is 7. The number of thiazole rings is 1. The van der Waals surface area contributed by atoms with Crippen LogP contribution in [-0.2, 0) is 30.4 Å². The van der Waals surface area contributed by atoms with Crippen LogP contribution in [0, 0.1) is 6.92 Å². The smallest absolute Gasteiger partial charge is 0.297 e. The van der Waals surface area contributed by atoms with Crippen molar-refractivity contribution in [2.45, 2.75) is 21.6 Å². The lowest BCUT2D eigenvalue weighted by atomic mass is 10.1. The standard InChI is InChI=1S/C24H18N6O11S4/c1-10-6-17(18(31)9-16(10)27-30-24-26-15-5-2-11(43(33,34)35)7-19(15)42-24)28-29-21-20(44(36,37)38)8-13-12(22(21)32)3-4-14(25)23(13)45(39,40)41/h2-9,31-32H,25H2,1H3,(H,33,34,35)(H,36,37,38)(H,39,40,41). The molecule has 0 radical (unpaired) electrons. The molecule has 5 rings (SSSR count). The van der Waals surface area contributed by atoms with Crippen LogP contribution in [0.3, 0.4) is 0 Å². The van der Waals surface area contributed by atoms with Gasteiger partial charge in [-0.3, -0.25) is 13.7 Å². The van der Waals surface area contributed by atoms with Gasteiger partial charge in [-0.1, -0.05) is 11.3 Å². The number of nitrogens with two attached hydrogens (primary N) is 1. The number of hydrogen-bond acceptors (Lipinski definition) is 15. The van der Waals surface area contributed by atoms with Crippen molar-refractivity contribution in [2.75, 3.05) is 5.73 Å². The second-order valence-electron chi connectivity index (χ2n) is 9.23. The lowest BCUT2D eigenvalue weighted by Gasteiger charge is -2.12. The quantitative estimate of drug-likeness (QED) is 0.0715. The number of aromatic hydroxyl groups is 2. The first-order valence-corrected chi connectivity index (χ1v) is 17.1. The van der Waals surface area contributed by atoms with E-state index < -0.39 is 68.4 Å². The van der Waals surface area contributed by atoms with E-state index in [4.69, 9.17) is 5.73 Å². The summed E-state index contributed by atoms with van der Waals surface area (Å²) in [5.41, 5.74) is 5.05. The van der Waals surface area contributed by atoms with Crippen LogP contribution in [-0.4, -0.2) is 54.1 Å². The Hall–Kier alpha value is -4.64. The fourth-order valence-electron chi connectivity index (χ4n) is 4.15. The van der Waals surface area contributed by atoms with Gasteiger partial charge in [0.05, 0.1) is 26.5 Å². The number of aromatic nitrogens is 1. The van der Waals surface area contributed by atoms with Gasteiger partial charge in [-0.25, -0.2) is 4.98 Å². The fourth-order valence-corrected chi connectivity index (χ4v) is 7.01. The molecule has 0 bridgehead atoms. The summed E-state index contributed by atoms with van der Waals surface area (Å²) < 4.78 is 100.0. The van der Waals surface area contributed by atoms with E-state index in [0.29, 0.717) is 21.8 Å². The highest BCUT2D eigenvalue weighted by Gasteiger charge is 2.27. The number of fused-ring (bicyclic) bond motifs is 2. The molecule has 45 heavy (non-hydrogen) atoms. The number of phenolic OH excluding ortho intramolecular Hbond substituents is 2. The van der Waals surface area contributed by atoms with Crippen LogP contribution in [0.15, 0.2) is 83.7 Å².